The predicted molar refractivity (Wildman–Crippen MR) is 145 cm³/mol. The lowest BCUT2D eigenvalue weighted by Crippen LogP contribution is -2.19. The highest BCUT2D eigenvalue weighted by Crippen LogP contribution is 2.37. The molecule has 0 aromatic heterocycles. The monoisotopic (exact) mass is 661 g/mol. The fourth-order valence-corrected chi connectivity index (χ4v) is 6.03. The number of hydrogen-bond donors (Lipinski definition) is 2. The van der Waals surface area contributed by atoms with Gasteiger partial charge in [-0.05, 0) is 66.2 Å². The molecule has 0 heterocycles. The molecule has 0 bridgehead atoms. The zero-order valence-electron chi connectivity index (χ0n) is 21.5. The maximum atomic E-state index is 13.2. The molecule has 0 aliphatic heterocycles. The van der Waals surface area contributed by atoms with E-state index < -0.39 is 75.7 Å². The van der Waals surface area contributed by atoms with Crippen LogP contribution >= 0.6 is 0 Å². The SMILES string of the molecule is O=[N+]([O-])c1ccccc1-c1ccc(NS(=O)(=O)c2ccc(OC(F)(F)F)cc2)c(NS(=O)(=O)c2cccc(C(F)(F)F)c2)c1. The number of benzene rings is 4. The van der Waals surface area contributed by atoms with Crippen LogP contribution in [0, 0.1) is 10.1 Å². The summed E-state index contributed by atoms with van der Waals surface area (Å²) in [7, 11) is -9.45. The van der Waals surface area contributed by atoms with Crippen LogP contribution in [-0.2, 0) is 26.2 Å². The van der Waals surface area contributed by atoms with Crippen LogP contribution in [0.2, 0.25) is 0 Å². The van der Waals surface area contributed by atoms with Gasteiger partial charge in [0.1, 0.15) is 5.75 Å². The summed E-state index contributed by atoms with van der Waals surface area (Å²) >= 11 is 0. The molecule has 4 rings (SSSR count). The molecule has 0 saturated heterocycles. The van der Waals surface area contributed by atoms with Gasteiger partial charge in [-0.15, -0.1) is 13.2 Å². The number of halogens is 6. The summed E-state index contributed by atoms with van der Waals surface area (Å²) in [6.07, 6.45) is -9.93. The Balaban J connectivity index is 1.79. The van der Waals surface area contributed by atoms with Gasteiger partial charge in [0.2, 0.25) is 0 Å². The molecule has 0 atom stereocenters. The van der Waals surface area contributed by atoms with Gasteiger partial charge in [0.15, 0.2) is 0 Å². The van der Waals surface area contributed by atoms with Crippen molar-refractivity contribution in [2.75, 3.05) is 9.44 Å². The fraction of sp³-hybridized carbons (Fsp3) is 0.0769. The zero-order valence-corrected chi connectivity index (χ0v) is 23.2. The van der Waals surface area contributed by atoms with Gasteiger partial charge < -0.3 is 4.74 Å². The van der Waals surface area contributed by atoms with Crippen molar-refractivity contribution in [3.63, 3.8) is 0 Å². The molecule has 4 aromatic rings. The van der Waals surface area contributed by atoms with E-state index in [4.69, 9.17) is 0 Å². The van der Waals surface area contributed by atoms with Crippen molar-refractivity contribution in [2.45, 2.75) is 22.3 Å². The summed E-state index contributed by atoms with van der Waals surface area (Å²) < 4.78 is 137. The molecule has 0 fully saturated rings. The average molecular weight is 662 g/mol. The summed E-state index contributed by atoms with van der Waals surface area (Å²) in [6, 6.07) is 14.2. The molecule has 0 amide bonds. The summed E-state index contributed by atoms with van der Waals surface area (Å²) in [5.74, 6) is -0.722. The minimum atomic E-state index is -5.04. The smallest absolute Gasteiger partial charge is 0.406 e. The van der Waals surface area contributed by atoms with Crippen molar-refractivity contribution in [3.8, 4) is 16.9 Å². The number of rotatable bonds is 9. The van der Waals surface area contributed by atoms with Crippen molar-refractivity contribution >= 4 is 37.1 Å². The number of ether oxygens (including phenoxy) is 1. The Kier molecular flexibility index (Phi) is 8.52. The van der Waals surface area contributed by atoms with Gasteiger partial charge in [-0.2, -0.15) is 13.2 Å². The fourth-order valence-electron chi connectivity index (χ4n) is 3.83. The molecule has 0 aliphatic carbocycles. The molecule has 2 N–H and O–H groups in total. The van der Waals surface area contributed by atoms with Crippen LogP contribution < -0.4 is 14.2 Å². The Morgan fingerprint density at radius 2 is 1.30 bits per heavy atom. The van der Waals surface area contributed by atoms with Crippen LogP contribution in [0.1, 0.15) is 5.56 Å². The number of anilines is 2. The molecule has 0 unspecified atom stereocenters. The minimum absolute atomic E-state index is 0.00771. The van der Waals surface area contributed by atoms with Gasteiger partial charge in [0.25, 0.3) is 25.7 Å². The average Bonchev–Trinajstić information content (AvgIpc) is 2.93. The van der Waals surface area contributed by atoms with Gasteiger partial charge in [-0.25, -0.2) is 16.8 Å². The first-order valence-corrected chi connectivity index (χ1v) is 14.8. The van der Waals surface area contributed by atoms with E-state index >= 15 is 0 Å². The Morgan fingerprint density at radius 1 is 0.682 bits per heavy atom. The van der Waals surface area contributed by atoms with E-state index in [0.717, 1.165) is 54.6 Å². The number of hydrogen-bond acceptors (Lipinski definition) is 7. The molecule has 0 saturated carbocycles. The van der Waals surface area contributed by atoms with E-state index in [1.54, 1.807) is 0 Å². The second kappa shape index (κ2) is 11.7. The van der Waals surface area contributed by atoms with Crippen molar-refractivity contribution in [1.82, 2.24) is 0 Å². The zero-order chi connectivity index (χ0) is 32.5. The number of nitrogens with one attached hydrogen (secondary N) is 2. The highest BCUT2D eigenvalue weighted by Gasteiger charge is 2.33. The number of sulfonamides is 2. The minimum Gasteiger partial charge on any atom is -0.406 e. The number of nitro groups is 1. The van der Waals surface area contributed by atoms with E-state index in [-0.39, 0.29) is 11.1 Å². The molecule has 232 valence electrons. The van der Waals surface area contributed by atoms with Gasteiger partial charge in [0.05, 0.1) is 37.2 Å². The largest absolute Gasteiger partial charge is 0.573 e. The standard InChI is InChI=1S/C26H17F6N3O7S2/c27-25(28,29)17-4-3-5-20(15-17)44(40,41)34-23-14-16(21-6-1-2-7-24(21)35(36)37)8-13-22(23)33-43(38,39)19-11-9-18(10-12-19)42-26(30,31)32/h1-15,33-34H. The molecule has 0 spiro atoms. The topological polar surface area (TPSA) is 145 Å². The van der Waals surface area contributed by atoms with E-state index in [9.17, 15) is 53.3 Å². The van der Waals surface area contributed by atoms with Gasteiger partial charge in [-0.1, -0.05) is 24.3 Å². The lowest BCUT2D eigenvalue weighted by molar-refractivity contribution is -0.384. The van der Waals surface area contributed by atoms with Gasteiger partial charge >= 0.3 is 12.5 Å². The first-order valence-electron chi connectivity index (χ1n) is 11.8. The van der Waals surface area contributed by atoms with E-state index in [1.165, 1.54) is 24.3 Å². The highest BCUT2D eigenvalue weighted by atomic mass is 32.2. The van der Waals surface area contributed by atoms with E-state index in [0.29, 0.717) is 12.1 Å². The van der Waals surface area contributed by atoms with Crippen LogP contribution in [0.3, 0.4) is 0 Å². The molecular weight excluding hydrogens is 644 g/mol. The van der Waals surface area contributed by atoms with E-state index in [2.05, 4.69) is 9.46 Å². The molecule has 4 aromatic carbocycles. The van der Waals surface area contributed by atoms with Crippen LogP contribution in [0.15, 0.2) is 101 Å². The first kappa shape index (κ1) is 32.1. The summed E-state index contributed by atoms with van der Waals surface area (Å²) in [5.41, 5.74) is -2.68. The van der Waals surface area contributed by atoms with Crippen molar-refractivity contribution in [2.24, 2.45) is 0 Å². The van der Waals surface area contributed by atoms with Crippen molar-refractivity contribution in [1.29, 1.82) is 0 Å². The third kappa shape index (κ3) is 7.56. The Labute approximate surface area is 245 Å². The van der Waals surface area contributed by atoms with Crippen LogP contribution in [-0.4, -0.2) is 28.1 Å². The third-order valence-electron chi connectivity index (χ3n) is 5.76. The quantitative estimate of drug-likeness (QED) is 0.114. The van der Waals surface area contributed by atoms with E-state index in [1.807, 2.05) is 4.72 Å². The van der Waals surface area contributed by atoms with Crippen molar-refractivity contribution in [3.05, 3.63) is 107 Å². The highest BCUT2D eigenvalue weighted by molar-refractivity contribution is 7.93. The molecule has 18 heteroatoms. The predicted octanol–water partition coefficient (Wildman–Crippen LogP) is 6.78. The van der Waals surface area contributed by atoms with Gasteiger partial charge in [-0.3, -0.25) is 19.6 Å². The Morgan fingerprint density at radius 3 is 1.91 bits per heavy atom. The van der Waals surface area contributed by atoms with Crippen molar-refractivity contribution < 1.29 is 52.8 Å². The first-order chi connectivity index (χ1) is 20.4. The maximum absolute atomic E-state index is 13.2. The molecule has 44 heavy (non-hydrogen) atoms. The summed E-state index contributed by atoms with van der Waals surface area (Å²) in [5, 5.41) is 11.6. The lowest BCUT2D eigenvalue weighted by Gasteiger charge is -2.17. The lowest BCUT2D eigenvalue weighted by atomic mass is 10.0. The van der Waals surface area contributed by atoms with Crippen LogP contribution in [0.5, 0.6) is 5.75 Å². The molecule has 0 radical (unpaired) electrons. The number of nitrogens with zero attached hydrogens (tertiary/aromatic N) is 1. The molecule has 0 aliphatic rings. The maximum Gasteiger partial charge on any atom is 0.573 e. The normalized spacial score (nSPS) is 12.4. The summed E-state index contributed by atoms with van der Waals surface area (Å²) in [4.78, 5) is 9.44. The second-order valence-corrected chi connectivity index (χ2v) is 12.2. The Hall–Kier alpha value is -4.84. The number of nitro benzene ring substituents is 1. The second-order valence-electron chi connectivity index (χ2n) is 8.79. The van der Waals surface area contributed by atoms with Crippen LogP contribution in [0.4, 0.5) is 43.4 Å². The van der Waals surface area contributed by atoms with Crippen LogP contribution in [0.25, 0.3) is 11.1 Å². The third-order valence-corrected chi connectivity index (χ3v) is 8.50. The van der Waals surface area contributed by atoms with Gasteiger partial charge in [0, 0.05) is 6.07 Å². The number of alkyl halides is 6. The molecule has 10 nitrogen and oxygen atoms in total. The summed E-state index contributed by atoms with van der Waals surface area (Å²) in [6.45, 7) is 0. The molecular formula is C26H17F6N3O7S2. The Bertz CT molecular complexity index is 1930. The number of para-hydroxylation sites is 1.